The maximum atomic E-state index is 12.9. The molecule has 5 unspecified atom stereocenters. The van der Waals surface area contributed by atoms with E-state index in [1.807, 2.05) is 0 Å². The summed E-state index contributed by atoms with van der Waals surface area (Å²) in [5.74, 6) is -1.58. The summed E-state index contributed by atoms with van der Waals surface area (Å²) in [6, 6.07) is 0. The van der Waals surface area contributed by atoms with E-state index >= 15 is 0 Å². The van der Waals surface area contributed by atoms with Crippen LogP contribution >= 0.6 is 15.6 Å². The molecule has 0 aliphatic heterocycles. The number of rotatable bonds is 75. The zero-order valence-electron chi connectivity index (χ0n) is 61.8. The van der Waals surface area contributed by atoms with Gasteiger partial charge in [-0.15, -0.1) is 0 Å². The number of hydrogen-bond acceptors (Lipinski definition) is 14. The highest BCUT2D eigenvalue weighted by molar-refractivity contribution is 7.47. The summed E-state index contributed by atoms with van der Waals surface area (Å²) in [5.41, 5.74) is 0. The zero-order valence-corrected chi connectivity index (χ0v) is 63.5. The first kappa shape index (κ1) is 94.0. The van der Waals surface area contributed by atoms with Crippen LogP contribution in [0.5, 0.6) is 0 Å². The smallest absolute Gasteiger partial charge is 0.463 e. The Labute approximate surface area is 592 Å². The summed E-state index contributed by atoms with van der Waals surface area (Å²) in [7, 11) is -9.77. The predicted molar refractivity (Wildman–Crippen MR) is 399 cm³/mol. The van der Waals surface area contributed by atoms with Crippen molar-refractivity contribution in [1.82, 2.24) is 0 Å². The summed E-state index contributed by atoms with van der Waals surface area (Å²) < 4.78 is 61.0. The lowest BCUT2D eigenvalue weighted by atomic mass is 10.0. The molecule has 0 aliphatic carbocycles. The fraction of sp³-hybridized carbons (Fsp3) is 0.810. The average Bonchev–Trinajstić information content (AvgIpc) is 1.49. The van der Waals surface area contributed by atoms with E-state index in [2.05, 4.69) is 93.7 Å². The molecule has 18 heteroatoms. The molecule has 0 aromatic heterocycles. The van der Waals surface area contributed by atoms with E-state index in [0.29, 0.717) is 19.3 Å². The number of unbranched alkanes of at least 4 members (excludes halogenated alkanes) is 40. The summed E-state index contributed by atoms with van der Waals surface area (Å²) in [5, 5.41) is 20.6. The Morgan fingerprint density at radius 2 is 0.515 bits per heavy atom. The summed E-state index contributed by atoms with van der Waals surface area (Å²) in [4.78, 5) is 58.5. The van der Waals surface area contributed by atoms with Crippen molar-refractivity contribution in [3.8, 4) is 0 Å². The van der Waals surface area contributed by atoms with Crippen molar-refractivity contribution in [2.45, 2.75) is 373 Å². The van der Waals surface area contributed by atoms with Crippen LogP contribution in [0.4, 0.5) is 0 Å². The first-order chi connectivity index (χ1) is 47.2. The van der Waals surface area contributed by atoms with Gasteiger partial charge in [-0.25, -0.2) is 9.13 Å². The molecule has 0 saturated carbocycles. The van der Waals surface area contributed by atoms with Gasteiger partial charge in [-0.3, -0.25) is 32.5 Å². The van der Waals surface area contributed by atoms with E-state index in [1.165, 1.54) is 180 Å². The molecule has 0 aliphatic rings. The van der Waals surface area contributed by atoms with Crippen molar-refractivity contribution < 1.29 is 75.8 Å². The molecule has 0 bridgehead atoms. The highest BCUT2D eigenvalue weighted by Gasteiger charge is 2.29. The number of carbonyl (C=O) groups excluding carboxylic acids is 3. The molecular weight excluding hydrogens is 1270 g/mol. The van der Waals surface area contributed by atoms with Crippen molar-refractivity contribution in [2.24, 2.45) is 0 Å². The van der Waals surface area contributed by atoms with Gasteiger partial charge in [-0.05, 0) is 116 Å². The number of phosphoric acid groups is 2. The highest BCUT2D eigenvalue weighted by Crippen LogP contribution is 2.45. The van der Waals surface area contributed by atoms with Gasteiger partial charge in [0.25, 0.3) is 0 Å². The van der Waals surface area contributed by atoms with Crippen molar-refractivity contribution >= 4 is 33.6 Å². The van der Waals surface area contributed by atoms with Crippen molar-refractivity contribution in [3.05, 3.63) is 72.9 Å². The Bertz CT molecular complexity index is 2060. The molecule has 0 spiro atoms. The summed E-state index contributed by atoms with van der Waals surface area (Å²) in [6.45, 7) is 2.65. The second kappa shape index (κ2) is 72.8. The number of aliphatic hydroxyl groups excluding tert-OH is 2. The van der Waals surface area contributed by atoms with E-state index in [0.717, 1.165) is 116 Å². The number of hydrogen-bond donors (Lipinski definition) is 4. The molecule has 0 aromatic rings. The van der Waals surface area contributed by atoms with Crippen molar-refractivity contribution in [3.63, 3.8) is 0 Å². The molecule has 566 valence electrons. The molecule has 5 atom stereocenters. The van der Waals surface area contributed by atoms with Crippen LogP contribution < -0.4 is 0 Å². The molecule has 0 fully saturated rings. The summed E-state index contributed by atoms with van der Waals surface area (Å²) in [6.07, 6.45) is 79.8. The molecule has 0 saturated heterocycles. The fourth-order valence-electron chi connectivity index (χ4n) is 10.8. The second-order valence-electron chi connectivity index (χ2n) is 26.5. The monoisotopic (exact) mass is 1410 g/mol. The normalized spacial score (nSPS) is 14.4. The van der Waals surface area contributed by atoms with Gasteiger partial charge < -0.3 is 34.2 Å². The van der Waals surface area contributed by atoms with E-state index in [4.69, 9.17) is 32.3 Å². The van der Waals surface area contributed by atoms with Gasteiger partial charge in [0.15, 0.2) is 6.10 Å². The number of carbonyl (C=O) groups is 3. The topological polar surface area (TPSA) is 231 Å². The lowest BCUT2D eigenvalue weighted by molar-refractivity contribution is -0.161. The van der Waals surface area contributed by atoms with Gasteiger partial charge in [0.2, 0.25) is 0 Å². The number of aliphatic hydroxyl groups is 2. The van der Waals surface area contributed by atoms with Crippen molar-refractivity contribution in [1.29, 1.82) is 0 Å². The average molecular weight is 1410 g/mol. The van der Waals surface area contributed by atoms with Gasteiger partial charge in [-0.2, -0.15) is 0 Å². The largest absolute Gasteiger partial charge is 0.472 e. The second-order valence-corrected chi connectivity index (χ2v) is 29.4. The van der Waals surface area contributed by atoms with Crippen LogP contribution in [0.3, 0.4) is 0 Å². The molecule has 97 heavy (non-hydrogen) atoms. The Morgan fingerprint density at radius 1 is 0.289 bits per heavy atom. The van der Waals surface area contributed by atoms with Crippen LogP contribution in [0, 0.1) is 0 Å². The Balaban J connectivity index is 4.34. The van der Waals surface area contributed by atoms with E-state index in [9.17, 15) is 43.5 Å². The third-order valence-corrected chi connectivity index (χ3v) is 18.8. The van der Waals surface area contributed by atoms with Gasteiger partial charge >= 0.3 is 33.6 Å². The number of allylic oxidation sites excluding steroid dienone is 12. The van der Waals surface area contributed by atoms with Crippen LogP contribution in [0.2, 0.25) is 0 Å². The third kappa shape index (κ3) is 74.0. The third-order valence-electron chi connectivity index (χ3n) is 16.9. The van der Waals surface area contributed by atoms with Gasteiger partial charge in [-0.1, -0.05) is 293 Å². The molecule has 4 N–H and O–H groups in total. The number of ether oxygens (including phenoxy) is 3. The molecule has 0 aromatic carbocycles. The predicted octanol–water partition coefficient (Wildman–Crippen LogP) is 22.7. The van der Waals surface area contributed by atoms with Crippen LogP contribution in [0.15, 0.2) is 72.9 Å². The molecule has 16 nitrogen and oxygen atoms in total. The minimum Gasteiger partial charge on any atom is -0.463 e. The lowest BCUT2D eigenvalue weighted by Gasteiger charge is -2.21. The maximum Gasteiger partial charge on any atom is 0.472 e. The maximum absolute atomic E-state index is 12.9. The van der Waals surface area contributed by atoms with Crippen molar-refractivity contribution in [2.75, 3.05) is 39.6 Å². The minimum absolute atomic E-state index is 0.0963. The Kier molecular flexibility index (Phi) is 70.5. The van der Waals surface area contributed by atoms with Crippen LogP contribution in [0.1, 0.15) is 355 Å². The minimum atomic E-state index is -4.92. The molecule has 0 rings (SSSR count). The van der Waals surface area contributed by atoms with E-state index in [-0.39, 0.29) is 19.3 Å². The van der Waals surface area contributed by atoms with Gasteiger partial charge in [0, 0.05) is 19.3 Å². The number of phosphoric ester groups is 2. The fourth-order valence-corrected chi connectivity index (χ4v) is 12.4. The van der Waals surface area contributed by atoms with Crippen LogP contribution in [-0.2, 0) is 55.8 Å². The van der Waals surface area contributed by atoms with Crippen LogP contribution in [0.25, 0.3) is 0 Å². The van der Waals surface area contributed by atoms with Gasteiger partial charge in [0.1, 0.15) is 25.4 Å². The van der Waals surface area contributed by atoms with Crippen LogP contribution in [-0.4, -0.2) is 95.9 Å². The molecule has 0 heterocycles. The van der Waals surface area contributed by atoms with E-state index < -0.39 is 91.5 Å². The molecule has 0 amide bonds. The zero-order chi connectivity index (χ0) is 70.9. The first-order valence-electron chi connectivity index (χ1n) is 39.2. The molecular formula is C79H144O16P2. The molecule has 0 radical (unpaired) electrons. The summed E-state index contributed by atoms with van der Waals surface area (Å²) >= 11 is 0. The number of esters is 3. The quantitative estimate of drug-likeness (QED) is 0.0146. The Morgan fingerprint density at radius 3 is 0.856 bits per heavy atom. The lowest BCUT2D eigenvalue weighted by Crippen LogP contribution is -2.30. The SMILES string of the molecule is CCCCC/C=C\C/C=C\C/C=C\C/C=C\CCCCCCCCCCCCCCCCCCCC(=O)OCC(O)COP(=O)(O)OCC(O)COP(=O)(O)OCC(COC(=O)CCCCCCC/C=C\CCCCCCCC)OC(=O)CCCCCCC/C=C\CCCCCC. The van der Waals surface area contributed by atoms with E-state index in [1.54, 1.807) is 0 Å². The first-order valence-corrected chi connectivity index (χ1v) is 42.2. The highest BCUT2D eigenvalue weighted by atomic mass is 31.2. The van der Waals surface area contributed by atoms with Gasteiger partial charge in [0.05, 0.1) is 26.4 Å². The Hall–Kier alpha value is -3.01. The standard InChI is InChI=1S/C79H144O16P2/c1-4-7-10-13-16-19-22-25-27-28-29-30-31-32-33-34-35-36-37-38-39-40-41-42-43-44-46-49-50-53-56-59-62-65-77(82)89-68-74(80)69-91-96(85,86)92-70-75(81)71-93-97(87,88)94-73-76(95-79(84)67-64-61-58-55-52-47-24-21-18-15-12-9-6-3)72-90-78(83)66-63-60-57-54-51-48-45-26-23-20-17-14-11-8-5-2/h16,19,21,24-27,29-30,32-33,45,74-76,80-81H,4-15,17-18,20,22-23,28,31,34-44,46-73H2,1-3H3,(H,85,86)(H,87,88)/b19-16-,24-21-,27-25-,30-29-,33-32-,45-26-.